The summed E-state index contributed by atoms with van der Waals surface area (Å²) in [5.41, 5.74) is 0. The fourth-order valence-corrected chi connectivity index (χ4v) is 9.43. The maximum atomic E-state index is 6.69. The maximum absolute atomic E-state index is 6.69. The molecule has 1 rings (SSSR count). The number of hydrogen-bond donors (Lipinski definition) is 0. The van der Waals surface area contributed by atoms with Gasteiger partial charge < -0.3 is 9.16 Å². The van der Waals surface area contributed by atoms with Crippen LogP contribution < -0.4 is 0 Å². The average molecular weight is 410 g/mol. The van der Waals surface area contributed by atoms with Crippen molar-refractivity contribution in [1.29, 1.82) is 0 Å². The zero-order valence-corrected chi connectivity index (χ0v) is 19.8. The highest BCUT2D eigenvalue weighted by Gasteiger charge is 2.52. The Morgan fingerprint density at radius 3 is 2.14 bits per heavy atom. The molecule has 0 aromatic carbocycles. The first kappa shape index (κ1) is 20.9. The summed E-state index contributed by atoms with van der Waals surface area (Å²) >= 11 is 4.08. The van der Waals surface area contributed by atoms with E-state index in [1.54, 1.807) is 0 Å². The minimum absolute atomic E-state index is 0.00677. The number of ether oxygens (including phenoxy) is 1. The summed E-state index contributed by atoms with van der Waals surface area (Å²) in [6.45, 7) is 21.1. The topological polar surface area (TPSA) is 18.5 Å². The van der Waals surface area contributed by atoms with Gasteiger partial charge in [-0.15, -0.1) is 0 Å². The van der Waals surface area contributed by atoms with Gasteiger partial charge in [-0.1, -0.05) is 69.7 Å². The van der Waals surface area contributed by atoms with Crippen LogP contribution in [0.1, 0.15) is 47.0 Å². The zero-order chi connectivity index (χ0) is 17.4. The summed E-state index contributed by atoms with van der Waals surface area (Å²) in [5, 5.41) is 0.215. The van der Waals surface area contributed by atoms with Gasteiger partial charge in [0.1, 0.15) is 0 Å². The first-order valence-electron chi connectivity index (χ1n) is 8.72. The molecule has 0 saturated carbocycles. The van der Waals surface area contributed by atoms with Gasteiger partial charge in [-0.05, 0) is 37.0 Å². The van der Waals surface area contributed by atoms with Crippen molar-refractivity contribution in [2.45, 2.75) is 107 Å². The molecule has 1 heterocycles. The van der Waals surface area contributed by atoms with Crippen molar-refractivity contribution < 1.29 is 9.16 Å². The highest BCUT2D eigenvalue weighted by molar-refractivity contribution is 9.10. The van der Waals surface area contributed by atoms with E-state index in [1.165, 1.54) is 12.5 Å². The molecule has 5 heteroatoms. The van der Waals surface area contributed by atoms with E-state index in [0.29, 0.717) is 6.10 Å². The third-order valence-electron chi connectivity index (χ3n) is 4.95. The second-order valence-electron chi connectivity index (χ2n) is 9.73. The van der Waals surface area contributed by atoms with E-state index in [0.717, 1.165) is 12.8 Å². The van der Waals surface area contributed by atoms with Crippen LogP contribution in [0.4, 0.5) is 0 Å². The molecule has 0 aromatic heterocycles. The number of hydrogen-bond acceptors (Lipinski definition) is 2. The van der Waals surface area contributed by atoms with E-state index in [4.69, 9.17) is 9.16 Å². The van der Waals surface area contributed by atoms with Crippen LogP contribution in [0, 0.1) is 0 Å². The van der Waals surface area contributed by atoms with Crippen LogP contribution in [-0.4, -0.2) is 33.1 Å². The third kappa shape index (κ3) is 5.43. The highest BCUT2D eigenvalue weighted by atomic mass is 79.9. The van der Waals surface area contributed by atoms with Crippen LogP contribution in [0.25, 0.3) is 0 Å². The molecular formula is C17H37BrO2Si2. The molecule has 2 nitrogen and oxygen atoms in total. The standard InChI is InChI=1S/C17H37BrO2Si2/c1-10-11-14-12-17(18,13-21(5,6)7)15(19-14)20-22(8,9)16(2,3)4/h14-15H,10-13H2,1-9H3/t14?,15-,17-/m0/s1. The lowest BCUT2D eigenvalue weighted by molar-refractivity contribution is -0.0897. The van der Waals surface area contributed by atoms with E-state index in [2.05, 4.69) is 76.4 Å². The predicted octanol–water partition coefficient (Wildman–Crippen LogP) is 6.40. The fraction of sp³-hybridized carbons (Fsp3) is 1.00. The summed E-state index contributed by atoms with van der Waals surface area (Å²) in [6.07, 6.45) is 3.65. The smallest absolute Gasteiger partial charge is 0.195 e. The van der Waals surface area contributed by atoms with E-state index in [1.807, 2.05) is 0 Å². The van der Waals surface area contributed by atoms with Crippen molar-refractivity contribution in [1.82, 2.24) is 0 Å². The molecule has 0 spiro atoms. The van der Waals surface area contributed by atoms with Crippen molar-refractivity contribution in [3.63, 3.8) is 0 Å². The summed E-state index contributed by atoms with van der Waals surface area (Å²) in [5.74, 6) is 0. The van der Waals surface area contributed by atoms with Gasteiger partial charge in [0.15, 0.2) is 14.6 Å². The van der Waals surface area contributed by atoms with Crippen molar-refractivity contribution in [2.24, 2.45) is 0 Å². The Morgan fingerprint density at radius 2 is 1.73 bits per heavy atom. The maximum Gasteiger partial charge on any atom is 0.195 e. The monoisotopic (exact) mass is 408 g/mol. The fourth-order valence-electron chi connectivity index (χ4n) is 2.93. The van der Waals surface area contributed by atoms with Gasteiger partial charge in [0.2, 0.25) is 0 Å². The summed E-state index contributed by atoms with van der Waals surface area (Å²) in [7, 11) is -3.03. The minimum Gasteiger partial charge on any atom is -0.391 e. The first-order chi connectivity index (χ1) is 9.70. The molecule has 0 aromatic rings. The predicted molar refractivity (Wildman–Crippen MR) is 106 cm³/mol. The quantitative estimate of drug-likeness (QED) is 0.373. The lowest BCUT2D eigenvalue weighted by Gasteiger charge is -2.42. The zero-order valence-electron chi connectivity index (χ0n) is 16.2. The van der Waals surface area contributed by atoms with E-state index < -0.39 is 16.4 Å². The Kier molecular flexibility index (Phi) is 6.63. The van der Waals surface area contributed by atoms with Gasteiger partial charge in [-0.2, -0.15) is 0 Å². The van der Waals surface area contributed by atoms with E-state index in [9.17, 15) is 0 Å². The second kappa shape index (κ2) is 6.99. The van der Waals surface area contributed by atoms with Crippen molar-refractivity contribution in [2.75, 3.05) is 0 Å². The minimum atomic E-state index is -1.83. The molecule has 1 aliphatic heterocycles. The molecule has 0 bridgehead atoms. The van der Waals surface area contributed by atoms with Crippen LogP contribution >= 0.6 is 15.9 Å². The number of halogens is 1. The third-order valence-corrected chi connectivity index (χ3v) is 12.6. The molecule has 1 aliphatic rings. The summed E-state index contributed by atoms with van der Waals surface area (Å²) in [6, 6.07) is 1.21. The number of alkyl halides is 1. The Morgan fingerprint density at radius 1 is 1.18 bits per heavy atom. The average Bonchev–Trinajstić information content (AvgIpc) is 2.50. The van der Waals surface area contributed by atoms with Gasteiger partial charge >= 0.3 is 0 Å². The molecule has 0 N–H and O–H groups in total. The largest absolute Gasteiger partial charge is 0.391 e. The summed E-state index contributed by atoms with van der Waals surface area (Å²) < 4.78 is 13.1. The van der Waals surface area contributed by atoms with Crippen LogP contribution in [0.3, 0.4) is 0 Å². The van der Waals surface area contributed by atoms with E-state index >= 15 is 0 Å². The lowest BCUT2D eigenvalue weighted by atomic mass is 10.0. The highest BCUT2D eigenvalue weighted by Crippen LogP contribution is 2.48. The molecule has 132 valence electrons. The SMILES string of the molecule is CCCC1C[C@](Br)(C[Si](C)(C)C)[C@H](O[Si](C)(C)C(C)(C)C)O1. The van der Waals surface area contributed by atoms with Crippen LogP contribution in [0.5, 0.6) is 0 Å². The van der Waals surface area contributed by atoms with Gasteiger partial charge in [0.05, 0.1) is 10.4 Å². The Bertz CT molecular complexity index is 374. The number of rotatable bonds is 6. The molecule has 0 radical (unpaired) electrons. The molecule has 0 aliphatic carbocycles. The molecule has 0 amide bonds. The Hall–Kier alpha value is 0.834. The molecule has 22 heavy (non-hydrogen) atoms. The van der Waals surface area contributed by atoms with Gasteiger partial charge in [-0.3, -0.25) is 0 Å². The first-order valence-corrected chi connectivity index (χ1v) is 16.1. The Balaban J connectivity index is 2.97. The van der Waals surface area contributed by atoms with Crippen LogP contribution in [0.2, 0.25) is 43.8 Å². The molecule has 1 unspecified atom stereocenters. The normalized spacial score (nSPS) is 30.8. The van der Waals surface area contributed by atoms with Gasteiger partial charge in [0, 0.05) is 8.07 Å². The van der Waals surface area contributed by atoms with Gasteiger partial charge in [0.25, 0.3) is 0 Å². The van der Waals surface area contributed by atoms with Crippen molar-refractivity contribution in [3.05, 3.63) is 0 Å². The molecule has 3 atom stereocenters. The van der Waals surface area contributed by atoms with Crippen LogP contribution in [0.15, 0.2) is 0 Å². The molecule has 1 fully saturated rings. The Labute approximate surface area is 149 Å². The lowest BCUT2D eigenvalue weighted by Crippen LogP contribution is -2.50. The van der Waals surface area contributed by atoms with E-state index in [-0.39, 0.29) is 15.7 Å². The second-order valence-corrected chi connectivity index (χ2v) is 21.5. The molecule has 1 saturated heterocycles. The summed E-state index contributed by atoms with van der Waals surface area (Å²) in [4.78, 5) is 0. The van der Waals surface area contributed by atoms with Gasteiger partial charge in [-0.25, -0.2) is 0 Å². The van der Waals surface area contributed by atoms with Crippen LogP contribution in [-0.2, 0) is 9.16 Å². The van der Waals surface area contributed by atoms with Crippen molar-refractivity contribution >= 4 is 32.3 Å². The molecular weight excluding hydrogens is 372 g/mol. The van der Waals surface area contributed by atoms with Crippen molar-refractivity contribution in [3.8, 4) is 0 Å².